The third-order valence-electron chi connectivity index (χ3n) is 2.54. The lowest BCUT2D eigenvalue weighted by atomic mass is 10.2. The van der Waals surface area contributed by atoms with Gasteiger partial charge in [0.15, 0.2) is 0 Å². The summed E-state index contributed by atoms with van der Waals surface area (Å²) in [5.74, 6) is 0.313. The molecule has 19 heavy (non-hydrogen) atoms. The molecule has 0 aliphatic carbocycles. The van der Waals surface area contributed by atoms with Crippen molar-refractivity contribution in [1.29, 1.82) is 5.41 Å². The third kappa shape index (κ3) is 4.44. The van der Waals surface area contributed by atoms with Crippen LogP contribution in [0.15, 0.2) is 18.2 Å². The molecule has 0 heterocycles. The molecule has 0 radical (unpaired) electrons. The summed E-state index contributed by atoms with van der Waals surface area (Å²) in [6.45, 7) is 1.93. The topological polar surface area (TPSA) is 105 Å². The third-order valence-corrected chi connectivity index (χ3v) is 3.90. The molecule has 1 aromatic carbocycles. The zero-order valence-electron chi connectivity index (χ0n) is 11.1. The average Bonchev–Trinajstić information content (AvgIpc) is 2.36. The van der Waals surface area contributed by atoms with Crippen LogP contribution in [-0.4, -0.2) is 27.1 Å². The molecule has 0 fully saturated rings. The van der Waals surface area contributed by atoms with E-state index in [2.05, 4.69) is 4.72 Å². The minimum atomic E-state index is -3.38. The molecule has 0 aliphatic heterocycles. The molecule has 0 amide bonds. The van der Waals surface area contributed by atoms with Gasteiger partial charge in [-0.25, -0.2) is 8.42 Å². The number of hydrogen-bond acceptors (Lipinski definition) is 4. The number of ether oxygens (including phenoxy) is 1. The maximum atomic E-state index is 11.8. The van der Waals surface area contributed by atoms with Gasteiger partial charge in [0.25, 0.3) is 0 Å². The van der Waals surface area contributed by atoms with Gasteiger partial charge in [-0.05, 0) is 24.6 Å². The van der Waals surface area contributed by atoms with E-state index in [0.29, 0.717) is 23.4 Å². The standard InChI is InChI=1S/C12H19N3O3S/c1-3-4-7-19(16,17)15-10-6-5-9(12(13)14)8-11(10)18-2/h5-6,8,15H,3-4,7H2,1-2H3,(H3,13,14). The highest BCUT2D eigenvalue weighted by molar-refractivity contribution is 7.92. The largest absolute Gasteiger partial charge is 0.495 e. The second-order valence-corrected chi connectivity index (χ2v) is 5.95. The summed E-state index contributed by atoms with van der Waals surface area (Å²) in [5.41, 5.74) is 6.20. The Hall–Kier alpha value is -1.76. The van der Waals surface area contributed by atoms with Crippen molar-refractivity contribution >= 4 is 21.5 Å². The normalized spacial score (nSPS) is 11.1. The number of hydrogen-bond donors (Lipinski definition) is 3. The first-order chi connectivity index (χ1) is 8.89. The lowest BCUT2D eigenvalue weighted by Gasteiger charge is -2.12. The van der Waals surface area contributed by atoms with Crippen molar-refractivity contribution in [2.45, 2.75) is 19.8 Å². The minimum absolute atomic E-state index is 0.0705. The van der Waals surface area contributed by atoms with Crippen molar-refractivity contribution in [2.24, 2.45) is 5.73 Å². The van der Waals surface area contributed by atoms with E-state index in [1.54, 1.807) is 12.1 Å². The van der Waals surface area contributed by atoms with E-state index in [1.807, 2.05) is 6.92 Å². The van der Waals surface area contributed by atoms with Gasteiger partial charge in [0.2, 0.25) is 10.0 Å². The molecule has 4 N–H and O–H groups in total. The highest BCUT2D eigenvalue weighted by atomic mass is 32.2. The Morgan fingerprint density at radius 3 is 2.68 bits per heavy atom. The van der Waals surface area contributed by atoms with Crippen molar-refractivity contribution in [1.82, 2.24) is 0 Å². The number of benzene rings is 1. The van der Waals surface area contributed by atoms with E-state index in [1.165, 1.54) is 13.2 Å². The molecular formula is C12H19N3O3S. The summed E-state index contributed by atoms with van der Waals surface area (Å²) >= 11 is 0. The second-order valence-electron chi connectivity index (χ2n) is 4.10. The molecule has 0 atom stereocenters. The molecule has 0 spiro atoms. The molecular weight excluding hydrogens is 266 g/mol. The number of nitrogens with one attached hydrogen (secondary N) is 2. The maximum absolute atomic E-state index is 11.8. The quantitative estimate of drug-likeness (QED) is 0.521. The van der Waals surface area contributed by atoms with Crippen LogP contribution in [0.2, 0.25) is 0 Å². The molecule has 1 rings (SSSR count). The van der Waals surface area contributed by atoms with Crippen LogP contribution < -0.4 is 15.2 Å². The molecule has 106 valence electrons. The summed E-state index contributed by atoms with van der Waals surface area (Å²) < 4.78 is 31.2. The minimum Gasteiger partial charge on any atom is -0.495 e. The van der Waals surface area contributed by atoms with Crippen molar-refractivity contribution in [3.63, 3.8) is 0 Å². The summed E-state index contributed by atoms with van der Waals surface area (Å²) in [6.07, 6.45) is 1.41. The second kappa shape index (κ2) is 6.42. The van der Waals surface area contributed by atoms with Crippen LogP contribution in [-0.2, 0) is 10.0 Å². The lowest BCUT2D eigenvalue weighted by Crippen LogP contribution is -2.17. The van der Waals surface area contributed by atoms with Crippen molar-refractivity contribution in [3.05, 3.63) is 23.8 Å². The number of anilines is 1. The molecule has 0 aromatic heterocycles. The SMILES string of the molecule is CCCCS(=O)(=O)Nc1ccc(C(=N)N)cc1OC. The first kappa shape index (κ1) is 15.3. The summed E-state index contributed by atoms with van der Waals surface area (Å²) in [7, 11) is -1.94. The van der Waals surface area contributed by atoms with Crippen molar-refractivity contribution in [2.75, 3.05) is 17.6 Å². The van der Waals surface area contributed by atoms with Gasteiger partial charge in [-0.2, -0.15) is 0 Å². The Kier molecular flexibility index (Phi) is 5.17. The number of nitrogen functional groups attached to an aromatic ring is 1. The highest BCUT2D eigenvalue weighted by Crippen LogP contribution is 2.26. The number of methoxy groups -OCH3 is 1. The number of unbranched alkanes of at least 4 members (excludes halogenated alkanes) is 1. The van der Waals surface area contributed by atoms with E-state index in [-0.39, 0.29) is 11.6 Å². The van der Waals surface area contributed by atoms with Crippen LogP contribution in [0.3, 0.4) is 0 Å². The number of sulfonamides is 1. The first-order valence-corrected chi connectivity index (χ1v) is 7.57. The fraction of sp³-hybridized carbons (Fsp3) is 0.417. The molecule has 0 bridgehead atoms. The summed E-state index contributed by atoms with van der Waals surface area (Å²) in [5, 5.41) is 7.33. The van der Waals surface area contributed by atoms with E-state index in [0.717, 1.165) is 6.42 Å². The van der Waals surface area contributed by atoms with Crippen LogP contribution in [0.5, 0.6) is 5.75 Å². The van der Waals surface area contributed by atoms with E-state index >= 15 is 0 Å². The lowest BCUT2D eigenvalue weighted by molar-refractivity contribution is 0.417. The van der Waals surface area contributed by atoms with Crippen LogP contribution in [0.1, 0.15) is 25.3 Å². The molecule has 0 saturated carbocycles. The molecule has 6 nitrogen and oxygen atoms in total. The van der Waals surface area contributed by atoms with E-state index < -0.39 is 10.0 Å². The van der Waals surface area contributed by atoms with Gasteiger partial charge in [0.05, 0.1) is 18.6 Å². The van der Waals surface area contributed by atoms with Gasteiger partial charge in [0, 0.05) is 5.56 Å². The zero-order valence-corrected chi connectivity index (χ0v) is 11.9. The van der Waals surface area contributed by atoms with Crippen molar-refractivity contribution in [3.8, 4) is 5.75 Å². The highest BCUT2D eigenvalue weighted by Gasteiger charge is 2.13. The Bertz CT molecular complexity index is 555. The fourth-order valence-corrected chi connectivity index (χ4v) is 2.77. The zero-order chi connectivity index (χ0) is 14.5. The van der Waals surface area contributed by atoms with Crippen molar-refractivity contribution < 1.29 is 13.2 Å². The van der Waals surface area contributed by atoms with Crippen LogP contribution in [0.4, 0.5) is 5.69 Å². The van der Waals surface area contributed by atoms with E-state index in [9.17, 15) is 8.42 Å². The molecule has 0 aliphatic rings. The predicted octanol–water partition coefficient (Wildman–Crippen LogP) is 1.52. The molecule has 0 unspecified atom stereocenters. The number of amidine groups is 1. The molecule has 7 heteroatoms. The van der Waals surface area contributed by atoms with E-state index in [4.69, 9.17) is 15.9 Å². The van der Waals surface area contributed by atoms with Gasteiger partial charge in [-0.15, -0.1) is 0 Å². The van der Waals surface area contributed by atoms with Gasteiger partial charge in [0.1, 0.15) is 11.6 Å². The Labute approximate surface area is 113 Å². The van der Waals surface area contributed by atoms with Crippen LogP contribution in [0.25, 0.3) is 0 Å². The first-order valence-electron chi connectivity index (χ1n) is 5.92. The summed E-state index contributed by atoms with van der Waals surface area (Å²) in [6, 6.07) is 4.64. The fourth-order valence-electron chi connectivity index (χ4n) is 1.50. The van der Waals surface area contributed by atoms with Gasteiger partial charge in [-0.3, -0.25) is 10.1 Å². The number of nitrogens with two attached hydrogens (primary N) is 1. The Morgan fingerprint density at radius 1 is 1.47 bits per heavy atom. The Balaban J connectivity index is 2.98. The van der Waals surface area contributed by atoms with Gasteiger partial charge >= 0.3 is 0 Å². The average molecular weight is 285 g/mol. The number of rotatable bonds is 7. The van der Waals surface area contributed by atoms with Crippen LogP contribution >= 0.6 is 0 Å². The predicted molar refractivity (Wildman–Crippen MR) is 76.3 cm³/mol. The van der Waals surface area contributed by atoms with Crippen LogP contribution in [0, 0.1) is 5.41 Å². The molecule has 0 saturated heterocycles. The smallest absolute Gasteiger partial charge is 0.232 e. The summed E-state index contributed by atoms with van der Waals surface area (Å²) in [4.78, 5) is 0. The Morgan fingerprint density at radius 2 is 2.16 bits per heavy atom. The van der Waals surface area contributed by atoms with Gasteiger partial charge in [-0.1, -0.05) is 13.3 Å². The molecule has 1 aromatic rings. The monoisotopic (exact) mass is 285 g/mol. The van der Waals surface area contributed by atoms with Gasteiger partial charge < -0.3 is 10.5 Å². The maximum Gasteiger partial charge on any atom is 0.232 e.